The maximum absolute atomic E-state index is 12.3. The number of hydrogen-bond donors (Lipinski definition) is 2. The number of halogens is 1. The predicted molar refractivity (Wildman–Crippen MR) is 105 cm³/mol. The van der Waals surface area contributed by atoms with E-state index in [0.29, 0.717) is 22.4 Å². The molecule has 2 aromatic heterocycles. The van der Waals surface area contributed by atoms with Crippen LogP contribution in [0.5, 0.6) is 5.75 Å². The Morgan fingerprint density at radius 2 is 1.96 bits per heavy atom. The van der Waals surface area contributed by atoms with Gasteiger partial charge in [0.15, 0.2) is 5.58 Å². The van der Waals surface area contributed by atoms with Crippen molar-refractivity contribution in [3.63, 3.8) is 0 Å². The first kappa shape index (κ1) is 17.2. The van der Waals surface area contributed by atoms with Gasteiger partial charge in [0.2, 0.25) is 11.8 Å². The Morgan fingerprint density at radius 3 is 2.74 bits per heavy atom. The van der Waals surface area contributed by atoms with Crippen LogP contribution >= 0.6 is 15.9 Å². The second-order valence-corrected chi connectivity index (χ2v) is 6.86. The summed E-state index contributed by atoms with van der Waals surface area (Å²) in [7, 11) is 0. The van der Waals surface area contributed by atoms with Crippen molar-refractivity contribution in [1.82, 2.24) is 9.97 Å². The third kappa shape index (κ3) is 3.83. The lowest BCUT2D eigenvalue weighted by molar-refractivity contribution is -0.115. The molecule has 0 unspecified atom stereocenters. The van der Waals surface area contributed by atoms with Crippen molar-refractivity contribution >= 4 is 38.6 Å². The molecule has 2 aromatic carbocycles. The van der Waals surface area contributed by atoms with Crippen LogP contribution < -0.4 is 5.32 Å². The minimum Gasteiger partial charge on any atom is -0.507 e. The number of nitrogens with zero attached hydrogens (tertiary/aromatic N) is 2. The zero-order valence-corrected chi connectivity index (χ0v) is 15.6. The molecule has 0 saturated carbocycles. The summed E-state index contributed by atoms with van der Waals surface area (Å²) < 4.78 is 6.63. The zero-order valence-electron chi connectivity index (χ0n) is 14.0. The Hall–Kier alpha value is -3.19. The molecule has 7 heteroatoms. The lowest BCUT2D eigenvalue weighted by Crippen LogP contribution is -2.14. The van der Waals surface area contributed by atoms with Crippen LogP contribution in [0, 0.1) is 0 Å². The quantitative estimate of drug-likeness (QED) is 0.470. The fourth-order valence-corrected chi connectivity index (χ4v) is 2.94. The summed E-state index contributed by atoms with van der Waals surface area (Å²) in [4.78, 5) is 20.6. The molecule has 27 heavy (non-hydrogen) atoms. The second kappa shape index (κ2) is 7.20. The van der Waals surface area contributed by atoms with Crippen molar-refractivity contribution in [2.75, 3.05) is 5.32 Å². The van der Waals surface area contributed by atoms with Crippen LogP contribution in [0.4, 0.5) is 5.69 Å². The number of phenolic OH excluding ortho intramolecular Hbond substituents is 1. The van der Waals surface area contributed by atoms with E-state index in [1.165, 1.54) is 6.07 Å². The monoisotopic (exact) mass is 423 g/mol. The Kier molecular flexibility index (Phi) is 4.60. The number of aromatic nitrogens is 2. The van der Waals surface area contributed by atoms with Gasteiger partial charge in [0.05, 0.1) is 18.2 Å². The van der Waals surface area contributed by atoms with Gasteiger partial charge < -0.3 is 14.8 Å². The number of anilines is 1. The highest BCUT2D eigenvalue weighted by molar-refractivity contribution is 9.10. The Morgan fingerprint density at radius 1 is 1.15 bits per heavy atom. The average Bonchev–Trinajstić information content (AvgIpc) is 3.09. The first-order valence-corrected chi connectivity index (χ1v) is 8.96. The molecule has 0 aliphatic rings. The number of nitrogens with one attached hydrogen (secondary N) is 1. The number of amides is 1. The van der Waals surface area contributed by atoms with Gasteiger partial charge in [-0.3, -0.25) is 9.78 Å². The van der Waals surface area contributed by atoms with E-state index in [9.17, 15) is 9.90 Å². The van der Waals surface area contributed by atoms with Crippen LogP contribution in [-0.2, 0) is 11.2 Å². The summed E-state index contributed by atoms with van der Waals surface area (Å²) in [5.41, 5.74) is 3.01. The van der Waals surface area contributed by atoms with Gasteiger partial charge in [-0.05, 0) is 35.9 Å². The summed E-state index contributed by atoms with van der Waals surface area (Å²) >= 11 is 3.37. The number of benzene rings is 2. The number of fused-ring (bicyclic) bond motifs is 1. The van der Waals surface area contributed by atoms with Crippen LogP contribution in [0.15, 0.2) is 69.8 Å². The molecule has 4 rings (SSSR count). The molecular weight excluding hydrogens is 410 g/mol. The number of carbonyl (C=O) groups is 1. The highest BCUT2D eigenvalue weighted by Gasteiger charge is 2.14. The number of carbonyl (C=O) groups excluding carboxylic acids is 1. The standard InChI is InChI=1S/C20H14BrN3O3/c21-13-3-1-12(2-4-13)9-19(26)23-14-5-6-17(25)15(10-14)20-24-16-11-22-8-7-18(16)27-20/h1-8,10-11,25H,9H2,(H,23,26). The van der Waals surface area contributed by atoms with E-state index in [-0.39, 0.29) is 24.0 Å². The molecule has 2 heterocycles. The van der Waals surface area contributed by atoms with Crippen LogP contribution in [0.25, 0.3) is 22.6 Å². The van der Waals surface area contributed by atoms with E-state index in [4.69, 9.17) is 4.42 Å². The van der Waals surface area contributed by atoms with E-state index >= 15 is 0 Å². The van der Waals surface area contributed by atoms with E-state index in [2.05, 4.69) is 31.2 Å². The Balaban J connectivity index is 1.56. The Bertz CT molecular complexity index is 1090. The van der Waals surface area contributed by atoms with E-state index < -0.39 is 0 Å². The molecule has 0 saturated heterocycles. The lowest BCUT2D eigenvalue weighted by Gasteiger charge is -2.08. The smallest absolute Gasteiger partial charge is 0.231 e. The number of rotatable bonds is 4. The summed E-state index contributed by atoms with van der Waals surface area (Å²) in [5.74, 6) is 0.121. The summed E-state index contributed by atoms with van der Waals surface area (Å²) in [6.45, 7) is 0. The largest absolute Gasteiger partial charge is 0.507 e. The molecule has 0 fully saturated rings. The first-order valence-electron chi connectivity index (χ1n) is 8.17. The minimum atomic E-state index is -0.157. The van der Waals surface area contributed by atoms with Gasteiger partial charge in [-0.25, -0.2) is 4.98 Å². The number of hydrogen-bond acceptors (Lipinski definition) is 5. The number of phenols is 1. The molecule has 2 N–H and O–H groups in total. The minimum absolute atomic E-state index is 0.0143. The molecule has 1 amide bonds. The van der Waals surface area contributed by atoms with Crippen molar-refractivity contribution in [1.29, 1.82) is 0 Å². The molecule has 0 bridgehead atoms. The van der Waals surface area contributed by atoms with E-state index in [1.54, 1.807) is 30.6 Å². The topological polar surface area (TPSA) is 88.2 Å². The van der Waals surface area contributed by atoms with Crippen molar-refractivity contribution in [2.45, 2.75) is 6.42 Å². The van der Waals surface area contributed by atoms with Gasteiger partial charge in [-0.15, -0.1) is 0 Å². The highest BCUT2D eigenvalue weighted by atomic mass is 79.9. The number of aromatic hydroxyl groups is 1. The van der Waals surface area contributed by atoms with Gasteiger partial charge in [-0.2, -0.15) is 0 Å². The van der Waals surface area contributed by atoms with Crippen LogP contribution in [0.2, 0.25) is 0 Å². The maximum Gasteiger partial charge on any atom is 0.231 e. The first-order chi connectivity index (χ1) is 13.1. The van der Waals surface area contributed by atoms with Crippen LogP contribution in [0.3, 0.4) is 0 Å². The molecule has 4 aromatic rings. The van der Waals surface area contributed by atoms with E-state index in [0.717, 1.165) is 10.0 Å². The predicted octanol–water partition coefficient (Wildman–Crippen LogP) is 4.54. The second-order valence-electron chi connectivity index (χ2n) is 5.95. The van der Waals surface area contributed by atoms with Crippen LogP contribution in [-0.4, -0.2) is 21.0 Å². The van der Waals surface area contributed by atoms with Gasteiger partial charge >= 0.3 is 0 Å². The normalized spacial score (nSPS) is 10.9. The molecule has 134 valence electrons. The van der Waals surface area contributed by atoms with Gasteiger partial charge in [0.1, 0.15) is 11.3 Å². The van der Waals surface area contributed by atoms with Crippen molar-refractivity contribution in [3.8, 4) is 17.2 Å². The molecule has 6 nitrogen and oxygen atoms in total. The fourth-order valence-electron chi connectivity index (χ4n) is 2.67. The summed E-state index contributed by atoms with van der Waals surface area (Å²) in [6, 6.07) is 14.0. The molecule has 0 aliphatic heterocycles. The van der Waals surface area contributed by atoms with Gasteiger partial charge in [-0.1, -0.05) is 28.1 Å². The van der Waals surface area contributed by atoms with Crippen molar-refractivity contribution in [2.24, 2.45) is 0 Å². The Labute approximate surface area is 163 Å². The van der Waals surface area contributed by atoms with Crippen molar-refractivity contribution < 1.29 is 14.3 Å². The lowest BCUT2D eigenvalue weighted by atomic mass is 10.1. The average molecular weight is 424 g/mol. The van der Waals surface area contributed by atoms with Crippen molar-refractivity contribution in [3.05, 3.63) is 71.0 Å². The highest BCUT2D eigenvalue weighted by Crippen LogP contribution is 2.33. The zero-order chi connectivity index (χ0) is 18.8. The molecule has 0 aliphatic carbocycles. The number of oxazole rings is 1. The SMILES string of the molecule is O=C(Cc1ccc(Br)cc1)Nc1ccc(O)c(-c2nc3cnccc3o2)c1. The molecule has 0 atom stereocenters. The van der Waals surface area contributed by atoms with Gasteiger partial charge in [0, 0.05) is 22.4 Å². The van der Waals surface area contributed by atoms with E-state index in [1.807, 2.05) is 24.3 Å². The summed E-state index contributed by atoms with van der Waals surface area (Å²) in [5, 5.41) is 13.0. The molecule has 0 spiro atoms. The summed E-state index contributed by atoms with van der Waals surface area (Å²) in [6.07, 6.45) is 3.44. The number of pyridine rings is 1. The maximum atomic E-state index is 12.3. The molecular formula is C20H14BrN3O3. The van der Waals surface area contributed by atoms with Gasteiger partial charge in [0.25, 0.3) is 0 Å². The van der Waals surface area contributed by atoms with Crippen LogP contribution in [0.1, 0.15) is 5.56 Å². The third-order valence-electron chi connectivity index (χ3n) is 3.98. The molecule has 0 radical (unpaired) electrons. The third-order valence-corrected chi connectivity index (χ3v) is 4.51. The fraction of sp³-hybridized carbons (Fsp3) is 0.0500.